The summed E-state index contributed by atoms with van der Waals surface area (Å²) in [6.45, 7) is 2.63. The number of benzene rings is 1. The van der Waals surface area contributed by atoms with Crippen molar-refractivity contribution in [1.82, 2.24) is 0 Å². The van der Waals surface area contributed by atoms with E-state index < -0.39 is 0 Å². The minimum absolute atomic E-state index is 0.181. The minimum Gasteiger partial charge on any atom is -0.384 e. The fraction of sp³-hybridized carbons (Fsp3) is 0.429. The monoisotopic (exact) mass is 246 g/mol. The molecule has 0 atom stereocenters. The molecule has 0 saturated carbocycles. The first-order valence-electron chi connectivity index (χ1n) is 6.34. The summed E-state index contributed by atoms with van der Waals surface area (Å²) in [4.78, 5) is 10.5. The molecule has 0 aliphatic heterocycles. The second-order valence-electron chi connectivity index (χ2n) is 4.64. The molecule has 0 fully saturated rings. The Morgan fingerprint density at radius 2 is 2.28 bits per heavy atom. The van der Waals surface area contributed by atoms with Crippen LogP contribution < -0.4 is 5.32 Å². The fourth-order valence-electron chi connectivity index (χ4n) is 2.33. The lowest BCUT2D eigenvalue weighted by molar-refractivity contribution is -0.385. The number of nitrogens with one attached hydrogen (secondary N) is 1. The second kappa shape index (κ2) is 5.67. The summed E-state index contributed by atoms with van der Waals surface area (Å²) in [5.74, 6) is 0. The summed E-state index contributed by atoms with van der Waals surface area (Å²) in [5.41, 5.74) is 3.26. The van der Waals surface area contributed by atoms with Gasteiger partial charge in [-0.2, -0.15) is 0 Å². The van der Waals surface area contributed by atoms with Crippen LogP contribution in [-0.2, 0) is 0 Å². The number of nitro benzene ring substituents is 1. The predicted octanol–water partition coefficient (Wildman–Crippen LogP) is 3.82. The van der Waals surface area contributed by atoms with Gasteiger partial charge in [0, 0.05) is 23.9 Å². The zero-order valence-electron chi connectivity index (χ0n) is 10.6. The molecule has 0 aromatic heterocycles. The van der Waals surface area contributed by atoms with Crippen LogP contribution in [0, 0.1) is 17.0 Å². The lowest BCUT2D eigenvalue weighted by atomic mass is 10.1. The highest BCUT2D eigenvalue weighted by Crippen LogP contribution is 2.26. The molecule has 0 bridgehead atoms. The molecule has 96 valence electrons. The average Bonchev–Trinajstić information content (AvgIpc) is 2.84. The van der Waals surface area contributed by atoms with Crippen LogP contribution in [0.25, 0.3) is 0 Å². The predicted molar refractivity (Wildman–Crippen MR) is 72.9 cm³/mol. The van der Waals surface area contributed by atoms with E-state index in [1.807, 2.05) is 6.07 Å². The van der Waals surface area contributed by atoms with Crippen molar-refractivity contribution in [3.8, 4) is 0 Å². The van der Waals surface area contributed by atoms with E-state index in [2.05, 4.69) is 11.4 Å². The van der Waals surface area contributed by atoms with Crippen molar-refractivity contribution in [2.45, 2.75) is 32.6 Å². The average molecular weight is 246 g/mol. The van der Waals surface area contributed by atoms with Crippen LogP contribution >= 0.6 is 0 Å². The van der Waals surface area contributed by atoms with Gasteiger partial charge in [-0.15, -0.1) is 0 Å². The molecule has 1 aromatic rings. The van der Waals surface area contributed by atoms with Gasteiger partial charge in [0.05, 0.1) is 4.92 Å². The smallest absolute Gasteiger partial charge is 0.274 e. The molecule has 18 heavy (non-hydrogen) atoms. The third kappa shape index (κ3) is 2.88. The molecule has 0 saturated heterocycles. The van der Waals surface area contributed by atoms with Gasteiger partial charge < -0.3 is 5.32 Å². The molecule has 1 N–H and O–H groups in total. The summed E-state index contributed by atoms with van der Waals surface area (Å²) in [7, 11) is 0. The van der Waals surface area contributed by atoms with Crippen LogP contribution in [0.5, 0.6) is 0 Å². The van der Waals surface area contributed by atoms with Crippen molar-refractivity contribution in [1.29, 1.82) is 0 Å². The highest BCUT2D eigenvalue weighted by molar-refractivity contribution is 5.59. The number of hydrogen-bond donors (Lipinski definition) is 1. The third-order valence-corrected chi connectivity index (χ3v) is 3.40. The van der Waals surface area contributed by atoms with E-state index in [0.29, 0.717) is 5.56 Å². The van der Waals surface area contributed by atoms with Crippen LogP contribution in [0.1, 0.15) is 31.2 Å². The Morgan fingerprint density at radius 3 is 2.94 bits per heavy atom. The van der Waals surface area contributed by atoms with Gasteiger partial charge in [-0.25, -0.2) is 0 Å². The quantitative estimate of drug-likeness (QED) is 0.488. The fourth-order valence-corrected chi connectivity index (χ4v) is 2.33. The molecule has 0 heterocycles. The number of hydrogen-bond acceptors (Lipinski definition) is 3. The number of allylic oxidation sites excluding steroid dienone is 1. The van der Waals surface area contributed by atoms with Crippen molar-refractivity contribution >= 4 is 11.4 Å². The zero-order chi connectivity index (χ0) is 13.0. The first kappa shape index (κ1) is 12.6. The number of rotatable bonds is 5. The molecule has 2 rings (SSSR count). The molecule has 0 radical (unpaired) electrons. The van der Waals surface area contributed by atoms with Gasteiger partial charge in [0.15, 0.2) is 0 Å². The van der Waals surface area contributed by atoms with E-state index >= 15 is 0 Å². The molecule has 1 aliphatic carbocycles. The van der Waals surface area contributed by atoms with E-state index in [-0.39, 0.29) is 10.6 Å². The van der Waals surface area contributed by atoms with Gasteiger partial charge in [0.2, 0.25) is 0 Å². The number of nitro groups is 1. The highest BCUT2D eigenvalue weighted by Gasteiger charge is 2.12. The maximum absolute atomic E-state index is 10.8. The number of anilines is 1. The number of nitrogens with zero attached hydrogens (tertiary/aromatic N) is 1. The van der Waals surface area contributed by atoms with E-state index in [1.165, 1.54) is 24.8 Å². The lowest BCUT2D eigenvalue weighted by Crippen LogP contribution is -2.05. The molecular formula is C14H18N2O2. The van der Waals surface area contributed by atoms with Gasteiger partial charge >= 0.3 is 0 Å². The minimum atomic E-state index is -0.333. The van der Waals surface area contributed by atoms with Gasteiger partial charge in [0.1, 0.15) is 0 Å². The maximum atomic E-state index is 10.8. The van der Waals surface area contributed by atoms with Crippen LogP contribution in [-0.4, -0.2) is 11.5 Å². The Balaban J connectivity index is 1.96. The molecule has 0 spiro atoms. The van der Waals surface area contributed by atoms with Crippen LogP contribution in [0.3, 0.4) is 0 Å². The van der Waals surface area contributed by atoms with Gasteiger partial charge in [-0.05, 0) is 38.7 Å². The van der Waals surface area contributed by atoms with Crippen LogP contribution in [0.2, 0.25) is 0 Å². The van der Waals surface area contributed by atoms with Gasteiger partial charge in [-0.3, -0.25) is 10.1 Å². The van der Waals surface area contributed by atoms with Crippen molar-refractivity contribution in [2.75, 3.05) is 11.9 Å². The van der Waals surface area contributed by atoms with E-state index in [1.54, 1.807) is 19.1 Å². The van der Waals surface area contributed by atoms with E-state index in [0.717, 1.165) is 18.7 Å². The Morgan fingerprint density at radius 1 is 1.44 bits per heavy atom. The molecule has 4 heteroatoms. The van der Waals surface area contributed by atoms with Crippen molar-refractivity contribution in [3.05, 3.63) is 45.5 Å². The van der Waals surface area contributed by atoms with Gasteiger partial charge in [0.25, 0.3) is 5.69 Å². The molecule has 0 amide bonds. The Bertz CT molecular complexity index is 481. The highest BCUT2D eigenvalue weighted by atomic mass is 16.6. The first-order chi connectivity index (χ1) is 8.68. The molecule has 1 aliphatic rings. The summed E-state index contributed by atoms with van der Waals surface area (Å²) in [6.07, 6.45) is 7.01. The summed E-state index contributed by atoms with van der Waals surface area (Å²) in [6, 6.07) is 5.16. The summed E-state index contributed by atoms with van der Waals surface area (Å²) >= 11 is 0. The summed E-state index contributed by atoms with van der Waals surface area (Å²) in [5, 5.41) is 14.1. The third-order valence-electron chi connectivity index (χ3n) is 3.40. The van der Waals surface area contributed by atoms with Gasteiger partial charge in [-0.1, -0.05) is 17.7 Å². The van der Waals surface area contributed by atoms with Crippen LogP contribution in [0.4, 0.5) is 11.4 Å². The Hall–Kier alpha value is -1.84. The first-order valence-corrected chi connectivity index (χ1v) is 6.34. The standard InChI is InChI=1S/C14H18N2O2/c1-11-13(7-4-8-14(11)16(17)18)15-10-9-12-5-2-3-6-12/h4-5,7-8,15H,2-3,6,9-10H2,1H3. The van der Waals surface area contributed by atoms with E-state index in [4.69, 9.17) is 0 Å². The SMILES string of the molecule is Cc1c(NCCC2=CCCC2)cccc1[N+](=O)[O-]. The summed E-state index contributed by atoms with van der Waals surface area (Å²) < 4.78 is 0. The lowest BCUT2D eigenvalue weighted by Gasteiger charge is -2.09. The normalized spacial score (nSPS) is 14.4. The Kier molecular flexibility index (Phi) is 3.97. The van der Waals surface area contributed by atoms with Crippen LogP contribution in [0.15, 0.2) is 29.8 Å². The maximum Gasteiger partial charge on any atom is 0.274 e. The molecule has 4 nitrogen and oxygen atoms in total. The van der Waals surface area contributed by atoms with Crippen molar-refractivity contribution in [3.63, 3.8) is 0 Å². The van der Waals surface area contributed by atoms with Crippen molar-refractivity contribution < 1.29 is 4.92 Å². The second-order valence-corrected chi connectivity index (χ2v) is 4.64. The van der Waals surface area contributed by atoms with Crippen molar-refractivity contribution in [2.24, 2.45) is 0 Å². The largest absolute Gasteiger partial charge is 0.384 e. The molecule has 1 aromatic carbocycles. The topological polar surface area (TPSA) is 55.2 Å². The van der Waals surface area contributed by atoms with E-state index in [9.17, 15) is 10.1 Å². The Labute approximate surface area is 107 Å². The molecule has 0 unspecified atom stereocenters. The zero-order valence-corrected chi connectivity index (χ0v) is 10.6. The molecular weight excluding hydrogens is 228 g/mol.